The van der Waals surface area contributed by atoms with Gasteiger partial charge in [0.05, 0.1) is 12.6 Å². The Hall–Kier alpha value is -0.710. The number of alkyl halides is 2. The number of carbonyl (C=O) groups excluding carboxylic acids is 1. The molecule has 1 fully saturated rings. The normalized spacial score (nSPS) is 24.2. The van der Waals surface area contributed by atoms with Crippen molar-refractivity contribution in [2.45, 2.75) is 25.3 Å². The van der Waals surface area contributed by atoms with Crippen molar-refractivity contribution in [2.75, 3.05) is 13.1 Å². The van der Waals surface area contributed by atoms with E-state index in [-0.39, 0.29) is 13.0 Å². The molecule has 1 rings (SSSR count). The Kier molecular flexibility index (Phi) is 2.32. The zero-order valence-electron chi connectivity index (χ0n) is 6.89. The summed E-state index contributed by atoms with van der Waals surface area (Å²) in [5, 5.41) is 0. The highest BCUT2D eigenvalue weighted by Crippen LogP contribution is 2.26. The number of nitrogens with zero attached hydrogens (tertiary/aromatic N) is 1. The minimum Gasteiger partial charge on any atom is -0.335 e. The van der Waals surface area contributed by atoms with E-state index < -0.39 is 24.4 Å². The molecule has 0 aliphatic carbocycles. The summed E-state index contributed by atoms with van der Waals surface area (Å²) in [6.07, 6.45) is -0.245. The molecule has 0 bridgehead atoms. The molecule has 0 aromatic heterocycles. The highest BCUT2D eigenvalue weighted by molar-refractivity contribution is 5.81. The fraction of sp³-hybridized carbons (Fsp3) is 0.857. The van der Waals surface area contributed by atoms with Gasteiger partial charge in [0.25, 0.3) is 5.92 Å². The molecule has 1 aliphatic rings. The Bertz CT molecular complexity index is 194. The summed E-state index contributed by atoms with van der Waals surface area (Å²) in [6, 6.07) is -0.682. The molecule has 0 aromatic carbocycles. The summed E-state index contributed by atoms with van der Waals surface area (Å²) in [6.45, 7) is 1.14. The third kappa shape index (κ3) is 1.91. The van der Waals surface area contributed by atoms with E-state index >= 15 is 0 Å². The quantitative estimate of drug-likeness (QED) is 0.623. The Morgan fingerprint density at radius 1 is 1.67 bits per heavy atom. The van der Waals surface area contributed by atoms with Crippen molar-refractivity contribution in [3.63, 3.8) is 0 Å². The zero-order valence-corrected chi connectivity index (χ0v) is 6.89. The van der Waals surface area contributed by atoms with E-state index in [4.69, 9.17) is 5.73 Å². The second kappa shape index (κ2) is 2.97. The number of likely N-dealkylation sites (tertiary alicyclic amines) is 1. The van der Waals surface area contributed by atoms with Gasteiger partial charge in [-0.3, -0.25) is 4.79 Å². The highest BCUT2D eigenvalue weighted by atomic mass is 19.3. The second-order valence-electron chi connectivity index (χ2n) is 3.15. The van der Waals surface area contributed by atoms with Crippen molar-refractivity contribution in [3.8, 4) is 0 Å². The van der Waals surface area contributed by atoms with Crippen LogP contribution in [0.15, 0.2) is 0 Å². The molecule has 3 nitrogen and oxygen atoms in total. The molecule has 0 radical (unpaired) electrons. The number of halogens is 2. The van der Waals surface area contributed by atoms with Crippen LogP contribution in [-0.4, -0.2) is 35.9 Å². The minimum atomic E-state index is -2.72. The van der Waals surface area contributed by atoms with Gasteiger partial charge in [-0.05, 0) is 6.92 Å². The fourth-order valence-electron chi connectivity index (χ4n) is 1.21. The molecule has 1 heterocycles. The van der Waals surface area contributed by atoms with Crippen molar-refractivity contribution in [1.82, 2.24) is 4.90 Å². The summed E-state index contributed by atoms with van der Waals surface area (Å²) in [4.78, 5) is 12.2. The van der Waals surface area contributed by atoms with Crippen molar-refractivity contribution in [1.29, 1.82) is 0 Å². The van der Waals surface area contributed by atoms with Crippen LogP contribution in [0.5, 0.6) is 0 Å². The molecule has 1 saturated heterocycles. The maximum atomic E-state index is 12.6. The van der Waals surface area contributed by atoms with Crippen LogP contribution in [0.2, 0.25) is 0 Å². The first kappa shape index (κ1) is 9.38. The van der Waals surface area contributed by atoms with Crippen LogP contribution < -0.4 is 5.73 Å². The first-order valence-corrected chi connectivity index (χ1v) is 3.84. The van der Waals surface area contributed by atoms with E-state index in [1.54, 1.807) is 0 Å². The van der Waals surface area contributed by atoms with Gasteiger partial charge in [-0.15, -0.1) is 0 Å². The lowest BCUT2D eigenvalue weighted by atomic mass is 10.3. The number of hydrogen-bond acceptors (Lipinski definition) is 2. The van der Waals surface area contributed by atoms with Crippen LogP contribution in [-0.2, 0) is 4.79 Å². The smallest absolute Gasteiger partial charge is 0.267 e. The predicted molar refractivity (Wildman–Crippen MR) is 39.8 cm³/mol. The maximum Gasteiger partial charge on any atom is 0.267 e. The standard InChI is InChI=1S/C7H12F2N2O/c1-5(10)6(12)11-3-2-7(8,9)4-11/h5H,2-4,10H2,1H3/t5-/m0/s1. The molecule has 1 atom stereocenters. The van der Waals surface area contributed by atoms with E-state index in [9.17, 15) is 13.6 Å². The Balaban J connectivity index is 2.53. The summed E-state index contributed by atoms with van der Waals surface area (Å²) in [7, 11) is 0. The van der Waals surface area contributed by atoms with Gasteiger partial charge in [-0.1, -0.05) is 0 Å². The summed E-state index contributed by atoms with van der Waals surface area (Å²) >= 11 is 0. The third-order valence-electron chi connectivity index (χ3n) is 1.87. The van der Waals surface area contributed by atoms with Gasteiger partial charge in [0.15, 0.2) is 0 Å². The SMILES string of the molecule is C[C@H](N)C(=O)N1CCC(F)(F)C1. The topological polar surface area (TPSA) is 46.3 Å². The van der Waals surface area contributed by atoms with Crippen LogP contribution in [0, 0.1) is 0 Å². The monoisotopic (exact) mass is 178 g/mol. The Labute approximate surface area is 69.5 Å². The van der Waals surface area contributed by atoms with E-state index in [1.807, 2.05) is 0 Å². The van der Waals surface area contributed by atoms with E-state index in [0.29, 0.717) is 0 Å². The summed E-state index contributed by atoms with van der Waals surface area (Å²) in [5.41, 5.74) is 5.27. The maximum absolute atomic E-state index is 12.6. The number of amides is 1. The van der Waals surface area contributed by atoms with E-state index in [1.165, 1.54) is 6.92 Å². The number of carbonyl (C=O) groups is 1. The van der Waals surface area contributed by atoms with Crippen LogP contribution in [0.3, 0.4) is 0 Å². The van der Waals surface area contributed by atoms with Crippen LogP contribution in [0.4, 0.5) is 8.78 Å². The van der Waals surface area contributed by atoms with Crippen molar-refractivity contribution >= 4 is 5.91 Å². The van der Waals surface area contributed by atoms with Crippen LogP contribution >= 0.6 is 0 Å². The molecule has 0 aromatic rings. The number of hydrogen-bond donors (Lipinski definition) is 1. The first-order valence-electron chi connectivity index (χ1n) is 3.84. The molecular formula is C7H12F2N2O. The van der Waals surface area contributed by atoms with Crippen molar-refractivity contribution in [2.24, 2.45) is 5.73 Å². The lowest BCUT2D eigenvalue weighted by molar-refractivity contribution is -0.132. The molecule has 1 amide bonds. The molecular weight excluding hydrogens is 166 g/mol. The average Bonchev–Trinajstić information content (AvgIpc) is 2.28. The van der Waals surface area contributed by atoms with E-state index in [0.717, 1.165) is 4.90 Å². The van der Waals surface area contributed by atoms with Crippen molar-refractivity contribution < 1.29 is 13.6 Å². The Morgan fingerprint density at radius 2 is 2.25 bits per heavy atom. The van der Waals surface area contributed by atoms with Gasteiger partial charge in [0.2, 0.25) is 5.91 Å². The molecule has 12 heavy (non-hydrogen) atoms. The minimum absolute atomic E-state index is 0.118. The largest absolute Gasteiger partial charge is 0.335 e. The average molecular weight is 178 g/mol. The highest BCUT2D eigenvalue weighted by Gasteiger charge is 2.40. The lowest BCUT2D eigenvalue weighted by Crippen LogP contribution is -2.41. The zero-order chi connectivity index (χ0) is 9.35. The molecule has 2 N–H and O–H groups in total. The van der Waals surface area contributed by atoms with Gasteiger partial charge >= 0.3 is 0 Å². The van der Waals surface area contributed by atoms with Crippen molar-refractivity contribution in [3.05, 3.63) is 0 Å². The summed E-state index contributed by atoms with van der Waals surface area (Å²) in [5.74, 6) is -3.11. The van der Waals surface area contributed by atoms with Gasteiger partial charge in [-0.2, -0.15) is 0 Å². The van der Waals surface area contributed by atoms with Gasteiger partial charge in [-0.25, -0.2) is 8.78 Å². The molecule has 0 spiro atoms. The molecule has 1 aliphatic heterocycles. The van der Waals surface area contributed by atoms with Gasteiger partial charge in [0, 0.05) is 13.0 Å². The van der Waals surface area contributed by atoms with Gasteiger partial charge < -0.3 is 10.6 Å². The number of rotatable bonds is 1. The molecule has 0 unspecified atom stereocenters. The summed E-state index contributed by atoms with van der Waals surface area (Å²) < 4.78 is 25.2. The van der Waals surface area contributed by atoms with Crippen LogP contribution in [0.25, 0.3) is 0 Å². The fourth-order valence-corrected chi connectivity index (χ4v) is 1.21. The Morgan fingerprint density at radius 3 is 2.58 bits per heavy atom. The first-order chi connectivity index (χ1) is 5.42. The number of nitrogens with two attached hydrogens (primary N) is 1. The third-order valence-corrected chi connectivity index (χ3v) is 1.87. The second-order valence-corrected chi connectivity index (χ2v) is 3.15. The van der Waals surface area contributed by atoms with E-state index in [2.05, 4.69) is 0 Å². The van der Waals surface area contributed by atoms with Gasteiger partial charge in [0.1, 0.15) is 0 Å². The molecule has 5 heteroatoms. The molecule has 70 valence electrons. The predicted octanol–water partition coefficient (Wildman–Crippen LogP) is 0.201. The molecule has 0 saturated carbocycles. The lowest BCUT2D eigenvalue weighted by Gasteiger charge is -2.17. The van der Waals surface area contributed by atoms with Crippen LogP contribution in [0.1, 0.15) is 13.3 Å².